The van der Waals surface area contributed by atoms with Crippen LogP contribution in [0.4, 0.5) is 0 Å². The van der Waals surface area contributed by atoms with Crippen molar-refractivity contribution in [2.45, 2.75) is 39.5 Å². The Labute approximate surface area is 148 Å². The van der Waals surface area contributed by atoms with Crippen LogP contribution in [0.2, 0.25) is 0 Å². The minimum Gasteiger partial charge on any atom is -0.207 e. The number of aryl methyl sites for hydroxylation is 1. The average Bonchev–Trinajstić information content (AvgIpc) is 3.03. The van der Waals surface area contributed by atoms with E-state index in [9.17, 15) is 8.42 Å². The van der Waals surface area contributed by atoms with Crippen LogP contribution < -0.4 is 0 Å². The zero-order valence-corrected chi connectivity index (χ0v) is 15.7. The number of nitrogens with zero attached hydrogens (tertiary/aromatic N) is 1. The molecule has 24 heavy (non-hydrogen) atoms. The van der Waals surface area contributed by atoms with Crippen molar-refractivity contribution in [2.24, 2.45) is 11.3 Å². The maximum atomic E-state index is 13.1. The lowest BCUT2D eigenvalue weighted by atomic mass is 10.1. The van der Waals surface area contributed by atoms with Crippen LogP contribution >= 0.6 is 0 Å². The Morgan fingerprint density at radius 3 is 2.42 bits per heavy atom. The lowest BCUT2D eigenvalue weighted by Gasteiger charge is -2.20. The highest BCUT2D eigenvalue weighted by molar-refractivity contribution is 7.89. The Balaban J connectivity index is 2.49. The van der Waals surface area contributed by atoms with Crippen LogP contribution in [-0.4, -0.2) is 25.8 Å². The summed E-state index contributed by atoms with van der Waals surface area (Å²) in [4.78, 5) is 0.0356. The second-order valence-electron chi connectivity index (χ2n) is 6.92. The van der Waals surface area contributed by atoms with Gasteiger partial charge in [0.15, 0.2) is 0 Å². The maximum Gasteiger partial charge on any atom is 0.243 e. The third-order valence-corrected chi connectivity index (χ3v) is 6.05. The van der Waals surface area contributed by atoms with Crippen LogP contribution in [-0.2, 0) is 10.0 Å². The normalized spacial score (nSPS) is 20.7. The van der Waals surface area contributed by atoms with E-state index in [-0.39, 0.29) is 22.8 Å². The van der Waals surface area contributed by atoms with E-state index >= 15 is 0 Å². The van der Waals surface area contributed by atoms with Gasteiger partial charge in [0.05, 0.1) is 14.1 Å². The molecule has 0 radical (unpaired) electrons. The summed E-state index contributed by atoms with van der Waals surface area (Å²) in [5.74, 6) is 1.87. The molecule has 0 amide bonds. The van der Waals surface area contributed by atoms with Gasteiger partial charge in [0.2, 0.25) is 10.0 Å². The van der Waals surface area contributed by atoms with E-state index in [1.165, 1.54) is 12.1 Å². The largest absolute Gasteiger partial charge is 0.243 e. The standard InChI is InChI=1S/C20H25NO2S/c1-7-12-21(14-19-18(13-15(2)3)20(19,5)6)24(22,23)17-10-8-16(4)9-11-17/h1,8-11,19H,12,14H2,2-6H3/i12D2. The van der Waals surface area contributed by atoms with Crippen LogP contribution in [0.5, 0.6) is 0 Å². The Kier molecular flexibility index (Phi) is 4.33. The molecule has 0 bridgehead atoms. The van der Waals surface area contributed by atoms with E-state index in [0.717, 1.165) is 21.0 Å². The highest BCUT2D eigenvalue weighted by Gasteiger charge is 2.53. The van der Waals surface area contributed by atoms with E-state index < -0.39 is 16.5 Å². The molecule has 1 aromatic carbocycles. The second-order valence-corrected chi connectivity index (χ2v) is 8.78. The van der Waals surface area contributed by atoms with E-state index in [1.54, 1.807) is 12.1 Å². The van der Waals surface area contributed by atoms with Crippen molar-refractivity contribution < 1.29 is 11.2 Å². The third-order valence-electron chi connectivity index (χ3n) is 4.36. The Morgan fingerprint density at radius 1 is 1.33 bits per heavy atom. The first-order valence-electron chi connectivity index (χ1n) is 8.86. The molecule has 0 aromatic heterocycles. The molecular formula is C20H25NO2S. The van der Waals surface area contributed by atoms with Crippen molar-refractivity contribution in [1.82, 2.24) is 4.31 Å². The number of hydrogen-bond donors (Lipinski definition) is 0. The van der Waals surface area contributed by atoms with Crippen molar-refractivity contribution >= 4 is 10.0 Å². The molecule has 0 heterocycles. The minimum absolute atomic E-state index is 0.0178. The fraction of sp³-hybridized carbons (Fsp3) is 0.450. The number of benzene rings is 1. The molecule has 3 nitrogen and oxygen atoms in total. The molecule has 0 aliphatic heterocycles. The van der Waals surface area contributed by atoms with Crippen LogP contribution in [0.1, 0.15) is 36.0 Å². The molecule has 1 saturated carbocycles. The zero-order chi connectivity index (χ0) is 19.9. The van der Waals surface area contributed by atoms with Gasteiger partial charge in [-0.05, 0) is 44.1 Å². The maximum absolute atomic E-state index is 13.1. The molecule has 2 rings (SSSR count). The molecule has 1 unspecified atom stereocenters. The van der Waals surface area contributed by atoms with Gasteiger partial charge in [0.25, 0.3) is 0 Å². The molecule has 1 aliphatic carbocycles. The predicted octanol–water partition coefficient (Wildman–Crippen LogP) is 3.77. The van der Waals surface area contributed by atoms with Gasteiger partial charge < -0.3 is 0 Å². The van der Waals surface area contributed by atoms with E-state index in [2.05, 4.69) is 5.73 Å². The topological polar surface area (TPSA) is 37.4 Å². The van der Waals surface area contributed by atoms with Gasteiger partial charge >= 0.3 is 0 Å². The minimum atomic E-state index is -4.08. The van der Waals surface area contributed by atoms with Crippen molar-refractivity contribution in [3.8, 4) is 12.3 Å². The molecule has 1 aliphatic rings. The van der Waals surface area contributed by atoms with Gasteiger partial charge in [-0.15, -0.1) is 12.2 Å². The summed E-state index contributed by atoms with van der Waals surface area (Å²) in [6.45, 7) is 7.29. The average molecular weight is 346 g/mol. The third kappa shape index (κ3) is 3.65. The van der Waals surface area contributed by atoms with E-state index in [4.69, 9.17) is 9.16 Å². The van der Waals surface area contributed by atoms with Crippen molar-refractivity contribution in [1.29, 1.82) is 0 Å². The smallest absolute Gasteiger partial charge is 0.207 e. The summed E-state index contributed by atoms with van der Waals surface area (Å²) in [5, 5.41) is 0. The predicted molar refractivity (Wildman–Crippen MR) is 97.9 cm³/mol. The molecule has 128 valence electrons. The Bertz CT molecular complexity index is 912. The molecule has 1 aromatic rings. The second kappa shape index (κ2) is 6.61. The van der Waals surface area contributed by atoms with Gasteiger partial charge in [0.1, 0.15) is 0 Å². The summed E-state index contributed by atoms with van der Waals surface area (Å²) in [5.41, 5.74) is 5.96. The van der Waals surface area contributed by atoms with Crippen molar-refractivity contribution in [2.75, 3.05) is 13.0 Å². The highest BCUT2D eigenvalue weighted by atomic mass is 32.2. The summed E-state index contributed by atoms with van der Waals surface area (Å²) in [7, 11) is -4.08. The summed E-state index contributed by atoms with van der Waals surface area (Å²) < 4.78 is 43.2. The number of terminal acetylenes is 1. The fourth-order valence-corrected chi connectivity index (χ4v) is 4.01. The first-order chi connectivity index (χ1) is 11.8. The molecule has 0 N–H and O–H groups in total. The first-order valence-corrected chi connectivity index (χ1v) is 9.30. The quantitative estimate of drug-likeness (QED) is 0.602. The Hall–Kier alpha value is -1.79. The van der Waals surface area contributed by atoms with Gasteiger partial charge in [-0.2, -0.15) is 4.31 Å². The molecular weight excluding hydrogens is 318 g/mol. The number of rotatable bonds is 5. The van der Waals surface area contributed by atoms with Crippen LogP contribution in [0.25, 0.3) is 0 Å². The Morgan fingerprint density at radius 2 is 1.92 bits per heavy atom. The lowest BCUT2D eigenvalue weighted by molar-refractivity contribution is 0.400. The summed E-state index contributed by atoms with van der Waals surface area (Å²) >= 11 is 0. The van der Waals surface area contributed by atoms with Crippen LogP contribution in [0, 0.1) is 30.6 Å². The molecule has 4 heteroatoms. The number of sulfonamides is 1. The van der Waals surface area contributed by atoms with Crippen molar-refractivity contribution in [3.63, 3.8) is 0 Å². The first kappa shape index (κ1) is 15.7. The van der Waals surface area contributed by atoms with Gasteiger partial charge in [-0.25, -0.2) is 8.42 Å². The van der Waals surface area contributed by atoms with Crippen LogP contribution in [0.15, 0.2) is 46.0 Å². The number of hydrogen-bond acceptors (Lipinski definition) is 2. The molecule has 1 fully saturated rings. The van der Waals surface area contributed by atoms with Crippen molar-refractivity contribution in [3.05, 3.63) is 46.7 Å². The molecule has 0 spiro atoms. The molecule has 0 saturated heterocycles. The van der Waals surface area contributed by atoms with Crippen LogP contribution in [0.3, 0.4) is 0 Å². The summed E-state index contributed by atoms with van der Waals surface area (Å²) in [6.07, 6.45) is 5.33. The highest BCUT2D eigenvalue weighted by Crippen LogP contribution is 2.57. The lowest BCUT2D eigenvalue weighted by Crippen LogP contribution is -2.34. The van der Waals surface area contributed by atoms with E-state index in [1.807, 2.05) is 40.5 Å². The van der Waals surface area contributed by atoms with Gasteiger partial charge in [0, 0.05) is 17.9 Å². The monoisotopic (exact) mass is 345 g/mol. The van der Waals surface area contributed by atoms with E-state index in [0.29, 0.717) is 0 Å². The summed E-state index contributed by atoms with van der Waals surface area (Å²) in [6, 6.07) is 6.34. The van der Waals surface area contributed by atoms with Gasteiger partial charge in [-0.1, -0.05) is 37.5 Å². The molecule has 1 atom stereocenters. The van der Waals surface area contributed by atoms with Gasteiger partial charge in [-0.3, -0.25) is 0 Å². The SMILES string of the molecule is [2H]C([2H])(C#C)N(CC1C(=C=C(C)C)C1(C)C)S(=O)(=O)c1ccc(C)cc1. The fourth-order valence-electron chi connectivity index (χ4n) is 2.76. The zero-order valence-electron chi connectivity index (χ0n) is 16.8.